The van der Waals surface area contributed by atoms with E-state index >= 15 is 0 Å². The lowest BCUT2D eigenvalue weighted by Gasteiger charge is -2.10. The van der Waals surface area contributed by atoms with Crippen molar-refractivity contribution in [1.82, 2.24) is 10.3 Å². The van der Waals surface area contributed by atoms with Crippen LogP contribution in [0, 0.1) is 0 Å². The Labute approximate surface area is 162 Å². The highest BCUT2D eigenvalue weighted by Gasteiger charge is 2.15. The molecule has 140 valence electrons. The normalized spacial score (nSPS) is 12.5. The van der Waals surface area contributed by atoms with Crippen LogP contribution in [0.1, 0.15) is 23.7 Å². The highest BCUT2D eigenvalue weighted by atomic mass is 32.1. The molecular formula is C21H22N2O3S. The molecule has 6 heteroatoms. The summed E-state index contributed by atoms with van der Waals surface area (Å²) in [5, 5.41) is 6.57. The van der Waals surface area contributed by atoms with Crippen LogP contribution in [0.25, 0.3) is 10.6 Å². The van der Waals surface area contributed by atoms with E-state index in [1.165, 1.54) is 11.1 Å². The van der Waals surface area contributed by atoms with Crippen LogP contribution in [0.3, 0.4) is 0 Å². The van der Waals surface area contributed by atoms with Crippen molar-refractivity contribution in [2.24, 2.45) is 0 Å². The van der Waals surface area contributed by atoms with Crippen molar-refractivity contribution >= 4 is 11.3 Å². The predicted molar refractivity (Wildman–Crippen MR) is 106 cm³/mol. The molecule has 1 N–H and O–H groups in total. The van der Waals surface area contributed by atoms with Gasteiger partial charge in [-0.2, -0.15) is 0 Å². The Morgan fingerprint density at radius 3 is 2.81 bits per heavy atom. The summed E-state index contributed by atoms with van der Waals surface area (Å²) in [5.41, 5.74) is 4.58. The van der Waals surface area contributed by atoms with Crippen LogP contribution in [0.2, 0.25) is 0 Å². The summed E-state index contributed by atoms with van der Waals surface area (Å²) in [6.07, 6.45) is 0. The molecule has 0 fully saturated rings. The van der Waals surface area contributed by atoms with Crippen molar-refractivity contribution in [2.75, 3.05) is 13.4 Å². The second-order valence-corrected chi connectivity index (χ2v) is 7.08. The zero-order valence-electron chi connectivity index (χ0n) is 15.2. The summed E-state index contributed by atoms with van der Waals surface area (Å²) in [6.45, 7) is 5.20. The summed E-state index contributed by atoms with van der Waals surface area (Å²) in [6, 6.07) is 14.3. The van der Waals surface area contributed by atoms with Crippen molar-refractivity contribution in [1.29, 1.82) is 0 Å². The molecule has 1 aliphatic rings. The van der Waals surface area contributed by atoms with Gasteiger partial charge in [0.2, 0.25) is 6.79 Å². The minimum Gasteiger partial charge on any atom is -0.454 e. The molecule has 0 saturated heterocycles. The van der Waals surface area contributed by atoms with Crippen molar-refractivity contribution in [3.8, 4) is 22.1 Å². The second-order valence-electron chi connectivity index (χ2n) is 6.22. The molecule has 0 atom stereocenters. The van der Waals surface area contributed by atoms with Gasteiger partial charge in [0.15, 0.2) is 11.5 Å². The van der Waals surface area contributed by atoms with Gasteiger partial charge in [-0.1, -0.05) is 24.3 Å². The summed E-state index contributed by atoms with van der Waals surface area (Å²) < 4.78 is 16.4. The molecule has 0 spiro atoms. The van der Waals surface area contributed by atoms with Gasteiger partial charge in [-0.3, -0.25) is 0 Å². The lowest BCUT2D eigenvalue weighted by molar-refractivity contribution is 0.133. The third-order valence-corrected chi connectivity index (χ3v) is 5.31. The standard InChI is InChI=1S/C21H22N2O3S/c1-2-24-12-17-6-4-3-5-16(17)10-22-11-18-13-27-21(23-18)15-7-8-19-20(9-15)26-14-25-19/h3-9,13,22H,2,10-12,14H2,1H3. The quantitative estimate of drug-likeness (QED) is 0.627. The molecular weight excluding hydrogens is 360 g/mol. The molecule has 5 nitrogen and oxygen atoms in total. The average molecular weight is 382 g/mol. The van der Waals surface area contributed by atoms with Gasteiger partial charge in [-0.05, 0) is 36.2 Å². The fraction of sp³-hybridized carbons (Fsp3) is 0.286. The summed E-state index contributed by atoms with van der Waals surface area (Å²) in [7, 11) is 0. The van der Waals surface area contributed by atoms with Crippen LogP contribution >= 0.6 is 11.3 Å². The number of thiazole rings is 1. The Morgan fingerprint density at radius 1 is 1.07 bits per heavy atom. The van der Waals surface area contributed by atoms with Gasteiger partial charge >= 0.3 is 0 Å². The van der Waals surface area contributed by atoms with E-state index in [1.807, 2.05) is 25.1 Å². The van der Waals surface area contributed by atoms with Gasteiger partial charge in [0, 0.05) is 30.6 Å². The fourth-order valence-corrected chi connectivity index (χ4v) is 3.78. The minimum atomic E-state index is 0.288. The number of aromatic nitrogens is 1. The number of benzene rings is 2. The van der Waals surface area contributed by atoms with E-state index in [0.717, 1.165) is 47.5 Å². The second kappa shape index (κ2) is 8.52. The Kier molecular flexibility index (Phi) is 5.67. The number of ether oxygens (including phenoxy) is 3. The first-order chi connectivity index (χ1) is 13.3. The molecule has 0 amide bonds. The van der Waals surface area contributed by atoms with E-state index in [0.29, 0.717) is 6.61 Å². The minimum absolute atomic E-state index is 0.288. The number of hydrogen-bond acceptors (Lipinski definition) is 6. The number of nitrogens with one attached hydrogen (secondary N) is 1. The summed E-state index contributed by atoms with van der Waals surface area (Å²) >= 11 is 1.64. The number of hydrogen-bond donors (Lipinski definition) is 1. The number of rotatable bonds is 8. The largest absolute Gasteiger partial charge is 0.454 e. The van der Waals surface area contributed by atoms with Crippen molar-refractivity contribution in [2.45, 2.75) is 26.6 Å². The highest BCUT2D eigenvalue weighted by Crippen LogP contribution is 2.36. The maximum Gasteiger partial charge on any atom is 0.231 e. The first kappa shape index (κ1) is 18.0. The lowest BCUT2D eigenvalue weighted by atomic mass is 10.1. The van der Waals surface area contributed by atoms with Crippen molar-refractivity contribution in [3.05, 3.63) is 64.7 Å². The zero-order valence-corrected chi connectivity index (χ0v) is 16.1. The van der Waals surface area contributed by atoms with Gasteiger partial charge in [-0.25, -0.2) is 4.98 Å². The zero-order chi connectivity index (χ0) is 18.5. The van der Waals surface area contributed by atoms with Crippen molar-refractivity contribution in [3.63, 3.8) is 0 Å². The number of nitrogens with zero attached hydrogens (tertiary/aromatic N) is 1. The Morgan fingerprint density at radius 2 is 1.93 bits per heavy atom. The molecule has 1 aliphatic heterocycles. The van der Waals surface area contributed by atoms with Gasteiger partial charge in [0.25, 0.3) is 0 Å². The van der Waals surface area contributed by atoms with E-state index in [4.69, 9.17) is 19.2 Å². The molecule has 0 aliphatic carbocycles. The first-order valence-electron chi connectivity index (χ1n) is 9.03. The van der Waals surface area contributed by atoms with E-state index < -0.39 is 0 Å². The van der Waals surface area contributed by atoms with Gasteiger partial charge in [0.1, 0.15) is 5.01 Å². The van der Waals surface area contributed by atoms with Crippen LogP contribution in [-0.2, 0) is 24.4 Å². The molecule has 2 aromatic carbocycles. The van der Waals surface area contributed by atoms with Gasteiger partial charge in [0.05, 0.1) is 12.3 Å². The molecule has 0 saturated carbocycles. The van der Waals surface area contributed by atoms with E-state index in [9.17, 15) is 0 Å². The lowest BCUT2D eigenvalue weighted by Crippen LogP contribution is -2.14. The summed E-state index contributed by atoms with van der Waals surface area (Å²) in [5.74, 6) is 1.58. The first-order valence-corrected chi connectivity index (χ1v) is 9.91. The molecule has 4 rings (SSSR count). The maximum atomic E-state index is 5.55. The van der Waals surface area contributed by atoms with Gasteiger partial charge < -0.3 is 19.5 Å². The SMILES string of the molecule is CCOCc1ccccc1CNCc1csc(-c2ccc3c(c2)OCO3)n1. The van der Waals surface area contributed by atoms with E-state index in [2.05, 4.69) is 35.0 Å². The van der Waals surface area contributed by atoms with Crippen molar-refractivity contribution < 1.29 is 14.2 Å². The van der Waals surface area contributed by atoms with Crippen LogP contribution in [-0.4, -0.2) is 18.4 Å². The van der Waals surface area contributed by atoms with Crippen LogP contribution in [0.4, 0.5) is 0 Å². The average Bonchev–Trinajstić information content (AvgIpc) is 3.36. The molecule has 3 aromatic rings. The molecule has 0 radical (unpaired) electrons. The topological polar surface area (TPSA) is 52.6 Å². The maximum absolute atomic E-state index is 5.55. The molecule has 0 unspecified atom stereocenters. The third-order valence-electron chi connectivity index (χ3n) is 4.37. The van der Waals surface area contributed by atoms with Crippen LogP contribution in [0.5, 0.6) is 11.5 Å². The number of fused-ring (bicyclic) bond motifs is 1. The van der Waals surface area contributed by atoms with Gasteiger partial charge in [-0.15, -0.1) is 11.3 Å². The smallest absolute Gasteiger partial charge is 0.231 e. The molecule has 0 bridgehead atoms. The molecule has 2 heterocycles. The van der Waals surface area contributed by atoms with E-state index in [1.54, 1.807) is 11.3 Å². The molecule has 27 heavy (non-hydrogen) atoms. The summed E-state index contributed by atoms with van der Waals surface area (Å²) in [4.78, 5) is 4.74. The Hall–Kier alpha value is -2.41. The Balaban J connectivity index is 1.36. The fourth-order valence-electron chi connectivity index (χ4n) is 2.96. The highest BCUT2D eigenvalue weighted by molar-refractivity contribution is 7.13. The van der Waals surface area contributed by atoms with Crippen LogP contribution in [0.15, 0.2) is 47.8 Å². The van der Waals surface area contributed by atoms with Crippen LogP contribution < -0.4 is 14.8 Å². The molecule has 1 aromatic heterocycles. The Bertz CT molecular complexity index is 910. The third kappa shape index (κ3) is 4.30. The van der Waals surface area contributed by atoms with E-state index in [-0.39, 0.29) is 6.79 Å². The monoisotopic (exact) mass is 382 g/mol. The predicted octanol–water partition coefficient (Wildman–Crippen LogP) is 4.37.